The number of carbonyl (C=O) groups is 3. The van der Waals surface area contributed by atoms with Crippen molar-refractivity contribution in [3.05, 3.63) is 45.7 Å². The van der Waals surface area contributed by atoms with Crippen LogP contribution in [-0.4, -0.2) is 68.5 Å². The Morgan fingerprint density at radius 1 is 1.24 bits per heavy atom. The molecule has 33 heavy (non-hydrogen) atoms. The SMILES string of the molecule is C.CN(C)[C@H]1C(=O)C(C(N)=O)=C(O)[C@@]2(O)C(=O)C3=C(O)c4c(O)ccc(C#N)c4C[C@H]3C[C@@H]12. The highest BCUT2D eigenvalue weighted by Gasteiger charge is 2.64. The van der Waals surface area contributed by atoms with Crippen LogP contribution in [0.4, 0.5) is 0 Å². The van der Waals surface area contributed by atoms with Crippen LogP contribution < -0.4 is 5.73 Å². The van der Waals surface area contributed by atoms with Crippen molar-refractivity contribution in [3.63, 3.8) is 0 Å². The third-order valence-corrected chi connectivity index (χ3v) is 6.72. The summed E-state index contributed by atoms with van der Waals surface area (Å²) in [5.74, 6) is -7.14. The normalized spacial score (nSPS) is 28.5. The van der Waals surface area contributed by atoms with Crippen molar-refractivity contribution in [3.8, 4) is 11.8 Å². The van der Waals surface area contributed by atoms with Gasteiger partial charge < -0.3 is 26.2 Å². The Balaban J connectivity index is 0.00000306. The van der Waals surface area contributed by atoms with Gasteiger partial charge in [-0.05, 0) is 50.6 Å². The first-order valence-electron chi connectivity index (χ1n) is 9.86. The zero-order valence-corrected chi connectivity index (χ0v) is 17.3. The fourth-order valence-electron chi connectivity index (χ4n) is 5.35. The van der Waals surface area contributed by atoms with Crippen molar-refractivity contribution >= 4 is 23.2 Å². The van der Waals surface area contributed by atoms with Gasteiger partial charge in [0.05, 0.1) is 23.2 Å². The summed E-state index contributed by atoms with van der Waals surface area (Å²) < 4.78 is 0. The molecule has 0 heterocycles. The Morgan fingerprint density at radius 3 is 2.42 bits per heavy atom. The van der Waals surface area contributed by atoms with E-state index in [1.807, 2.05) is 6.07 Å². The Labute approximate surface area is 189 Å². The number of primary amides is 1. The number of Topliss-reactive ketones (excluding diaryl/α,β-unsaturated/α-hetero) is 2. The number of nitrogens with zero attached hydrogens (tertiary/aromatic N) is 2. The van der Waals surface area contributed by atoms with Gasteiger partial charge in [-0.25, -0.2) is 0 Å². The smallest absolute Gasteiger partial charge is 0.255 e. The van der Waals surface area contributed by atoms with Crippen molar-refractivity contribution in [1.82, 2.24) is 4.90 Å². The molecule has 4 rings (SSSR count). The molecule has 3 aliphatic rings. The largest absolute Gasteiger partial charge is 0.508 e. The van der Waals surface area contributed by atoms with E-state index in [4.69, 9.17) is 5.73 Å². The van der Waals surface area contributed by atoms with Crippen LogP contribution in [0.1, 0.15) is 30.5 Å². The van der Waals surface area contributed by atoms with Crippen LogP contribution in [0.3, 0.4) is 0 Å². The topological polar surface area (TPSA) is 185 Å². The molecule has 1 aromatic rings. The van der Waals surface area contributed by atoms with E-state index in [2.05, 4.69) is 0 Å². The zero-order valence-electron chi connectivity index (χ0n) is 17.3. The molecular weight excluding hydrogens is 430 g/mol. The first kappa shape index (κ1) is 24.0. The Morgan fingerprint density at radius 2 is 1.88 bits per heavy atom. The van der Waals surface area contributed by atoms with Crippen molar-refractivity contribution in [2.24, 2.45) is 17.6 Å². The van der Waals surface area contributed by atoms with Gasteiger partial charge >= 0.3 is 0 Å². The molecule has 1 aromatic carbocycles. The lowest BCUT2D eigenvalue weighted by molar-refractivity contribution is -0.153. The third-order valence-electron chi connectivity index (χ3n) is 6.72. The molecule has 0 aromatic heterocycles. The summed E-state index contributed by atoms with van der Waals surface area (Å²) in [5.41, 5.74) is 1.94. The minimum Gasteiger partial charge on any atom is -0.508 e. The number of phenols is 1. The minimum atomic E-state index is -2.67. The average Bonchev–Trinajstić information content (AvgIpc) is 2.70. The second kappa shape index (κ2) is 7.72. The van der Waals surface area contributed by atoms with Gasteiger partial charge in [0.1, 0.15) is 22.8 Å². The van der Waals surface area contributed by atoms with Gasteiger partial charge in [0.15, 0.2) is 11.4 Å². The highest BCUT2D eigenvalue weighted by molar-refractivity contribution is 6.24. The van der Waals surface area contributed by atoms with E-state index in [0.29, 0.717) is 5.56 Å². The maximum Gasteiger partial charge on any atom is 0.255 e. The van der Waals surface area contributed by atoms with Crippen molar-refractivity contribution in [2.45, 2.75) is 31.9 Å². The molecule has 0 spiro atoms. The van der Waals surface area contributed by atoms with Gasteiger partial charge in [-0.2, -0.15) is 5.26 Å². The number of nitrogens with two attached hydrogens (primary N) is 1. The van der Waals surface area contributed by atoms with E-state index < -0.39 is 58.0 Å². The van der Waals surface area contributed by atoms with Crippen molar-refractivity contribution < 1.29 is 34.8 Å². The van der Waals surface area contributed by atoms with E-state index in [1.165, 1.54) is 31.1 Å². The zero-order chi connectivity index (χ0) is 23.7. The number of ketones is 2. The molecule has 1 fully saturated rings. The minimum absolute atomic E-state index is 0. The molecule has 10 heteroatoms. The molecule has 1 saturated carbocycles. The lowest BCUT2D eigenvalue weighted by Crippen LogP contribution is -2.65. The number of nitriles is 1. The Hall–Kier alpha value is -3.68. The standard InChI is InChI=1S/C22H21N3O7.CH4/c1-25(2)16-11-6-9-5-10-8(7-23)3-4-12(26)14(10)17(27)13(9)19(29)22(11,32)20(30)15(18(16)28)21(24)31;/h3-4,9,11,16,26-27,30,32H,5-6H2,1-2H3,(H2,24,31);1H4/t9-,11-,16+,22-;/m0./s1. The first-order chi connectivity index (χ1) is 15.0. The predicted octanol–water partition coefficient (Wildman–Crippen LogP) is 0.472. The molecule has 0 radical (unpaired) electrons. The van der Waals surface area contributed by atoms with Crippen LogP contribution in [-0.2, 0) is 20.8 Å². The second-order valence-corrected chi connectivity index (χ2v) is 8.56. The molecule has 4 atom stereocenters. The van der Waals surface area contributed by atoms with Crippen molar-refractivity contribution in [2.75, 3.05) is 14.1 Å². The Kier molecular flexibility index (Phi) is 5.61. The molecule has 6 N–H and O–H groups in total. The summed E-state index contributed by atoms with van der Waals surface area (Å²) in [4.78, 5) is 39.9. The number of hydrogen-bond acceptors (Lipinski definition) is 9. The fourth-order valence-corrected chi connectivity index (χ4v) is 5.35. The predicted molar refractivity (Wildman–Crippen MR) is 116 cm³/mol. The Bertz CT molecular complexity index is 1210. The van der Waals surface area contributed by atoms with E-state index in [9.17, 15) is 40.1 Å². The summed E-state index contributed by atoms with van der Waals surface area (Å²) >= 11 is 0. The van der Waals surface area contributed by atoms with Gasteiger partial charge in [0.25, 0.3) is 5.91 Å². The molecule has 174 valence electrons. The van der Waals surface area contributed by atoms with Gasteiger partial charge in [0, 0.05) is 11.5 Å². The van der Waals surface area contributed by atoms with E-state index in [1.54, 1.807) is 0 Å². The molecule has 1 amide bonds. The maximum atomic E-state index is 13.6. The van der Waals surface area contributed by atoms with Crippen LogP contribution in [0.5, 0.6) is 5.75 Å². The molecule has 0 bridgehead atoms. The van der Waals surface area contributed by atoms with E-state index >= 15 is 0 Å². The van der Waals surface area contributed by atoms with Gasteiger partial charge in [-0.3, -0.25) is 19.3 Å². The lowest BCUT2D eigenvalue weighted by Gasteiger charge is -2.50. The van der Waals surface area contributed by atoms with Gasteiger partial charge in [-0.1, -0.05) is 7.43 Å². The lowest BCUT2D eigenvalue weighted by atomic mass is 9.57. The van der Waals surface area contributed by atoms with Crippen molar-refractivity contribution in [1.29, 1.82) is 5.26 Å². The first-order valence-corrected chi connectivity index (χ1v) is 9.86. The average molecular weight is 455 g/mol. The van der Waals surface area contributed by atoms with Crippen LogP contribution in [0.25, 0.3) is 5.76 Å². The molecular formula is C23H25N3O7. The number of carbonyl (C=O) groups excluding carboxylic acids is 3. The second-order valence-electron chi connectivity index (χ2n) is 8.56. The number of amides is 1. The number of benzene rings is 1. The molecule has 0 aliphatic heterocycles. The number of hydrogen-bond donors (Lipinski definition) is 5. The summed E-state index contributed by atoms with van der Waals surface area (Å²) in [6.45, 7) is 0. The number of rotatable bonds is 2. The van der Waals surface area contributed by atoms with E-state index in [0.717, 1.165) is 0 Å². The van der Waals surface area contributed by atoms with Crippen LogP contribution >= 0.6 is 0 Å². The van der Waals surface area contributed by atoms with Crippen LogP contribution in [0.2, 0.25) is 0 Å². The van der Waals surface area contributed by atoms with Crippen LogP contribution in [0.15, 0.2) is 29.0 Å². The number of fused-ring (bicyclic) bond motifs is 3. The van der Waals surface area contributed by atoms with E-state index in [-0.39, 0.29) is 42.7 Å². The van der Waals surface area contributed by atoms with Gasteiger partial charge in [-0.15, -0.1) is 0 Å². The van der Waals surface area contributed by atoms with Crippen LogP contribution in [0, 0.1) is 23.2 Å². The highest BCUT2D eigenvalue weighted by atomic mass is 16.3. The quantitative estimate of drug-likeness (QED) is 0.395. The summed E-state index contributed by atoms with van der Waals surface area (Å²) in [7, 11) is 3.05. The molecule has 3 aliphatic carbocycles. The number of aliphatic hydroxyl groups excluding tert-OH is 2. The molecule has 10 nitrogen and oxygen atoms in total. The summed E-state index contributed by atoms with van der Waals surface area (Å²) in [6, 6.07) is 3.45. The number of likely N-dealkylation sites (N-methyl/N-ethyl adjacent to an activating group) is 1. The molecule has 0 saturated heterocycles. The highest BCUT2D eigenvalue weighted by Crippen LogP contribution is 2.52. The summed E-state index contributed by atoms with van der Waals surface area (Å²) in [5, 5.41) is 52.8. The number of aliphatic hydroxyl groups is 3. The number of phenolic OH excluding ortho intramolecular Hbond substituents is 1. The number of aromatic hydroxyl groups is 1. The molecule has 0 unspecified atom stereocenters. The fraction of sp³-hybridized carbons (Fsp3) is 0.391. The monoisotopic (exact) mass is 455 g/mol. The summed E-state index contributed by atoms with van der Waals surface area (Å²) in [6.07, 6.45) is 0.0676. The van der Waals surface area contributed by atoms with Gasteiger partial charge in [0.2, 0.25) is 5.78 Å². The third kappa shape index (κ3) is 2.97. The maximum absolute atomic E-state index is 13.6.